The summed E-state index contributed by atoms with van der Waals surface area (Å²) in [4.78, 5) is 24.5. The third kappa shape index (κ3) is 5.26. The number of carbonyl (C=O) groups excluding carboxylic acids is 2. The highest BCUT2D eigenvalue weighted by molar-refractivity contribution is 5.90. The number of amides is 1. The molecule has 1 amide bonds. The molecule has 1 aliphatic rings. The van der Waals surface area contributed by atoms with Crippen LogP contribution in [0.15, 0.2) is 0 Å². The van der Waals surface area contributed by atoms with E-state index < -0.39 is 0 Å². The van der Waals surface area contributed by atoms with Gasteiger partial charge in [-0.05, 0) is 24.2 Å². The van der Waals surface area contributed by atoms with Gasteiger partial charge in [-0.2, -0.15) is 0 Å². The minimum atomic E-state index is -0.376. The number of ketones is 1. The van der Waals surface area contributed by atoms with Gasteiger partial charge < -0.3 is 5.32 Å². The lowest BCUT2D eigenvalue weighted by molar-refractivity contribution is -0.132. The molecule has 1 unspecified atom stereocenters. The van der Waals surface area contributed by atoms with Gasteiger partial charge in [0.2, 0.25) is 5.91 Å². The maximum atomic E-state index is 12.3. The number of Topliss-reactive ketones (excluding diaryl/α,β-unsaturated/α-hetero) is 1. The first-order chi connectivity index (χ1) is 9.21. The van der Waals surface area contributed by atoms with E-state index in [0.29, 0.717) is 12.3 Å². The number of nitrogens with one attached hydrogen (secondary N) is 1. The Hall–Kier alpha value is -0.860. The molecule has 1 rings (SSSR count). The molecule has 20 heavy (non-hydrogen) atoms. The minimum Gasteiger partial charge on any atom is -0.346 e. The van der Waals surface area contributed by atoms with E-state index in [1.165, 1.54) is 19.3 Å². The van der Waals surface area contributed by atoms with Gasteiger partial charge in [-0.15, -0.1) is 0 Å². The first-order valence-electron chi connectivity index (χ1n) is 8.05. The maximum Gasteiger partial charge on any atom is 0.220 e. The molecule has 0 saturated heterocycles. The zero-order chi connectivity index (χ0) is 15.3. The van der Waals surface area contributed by atoms with Crippen LogP contribution in [-0.2, 0) is 9.59 Å². The molecule has 0 heterocycles. The molecular weight excluding hydrogens is 250 g/mol. The van der Waals surface area contributed by atoms with Gasteiger partial charge in [0, 0.05) is 12.3 Å². The van der Waals surface area contributed by atoms with E-state index >= 15 is 0 Å². The highest BCUT2D eigenvalue weighted by atomic mass is 16.2. The molecule has 1 aliphatic carbocycles. The molecule has 0 aliphatic heterocycles. The topological polar surface area (TPSA) is 46.2 Å². The van der Waals surface area contributed by atoms with E-state index in [9.17, 15) is 9.59 Å². The van der Waals surface area contributed by atoms with Crippen LogP contribution >= 0.6 is 0 Å². The zero-order valence-corrected chi connectivity index (χ0v) is 13.8. The third-order valence-corrected chi connectivity index (χ3v) is 4.22. The molecule has 1 atom stereocenters. The van der Waals surface area contributed by atoms with Crippen LogP contribution in [0, 0.1) is 17.3 Å². The van der Waals surface area contributed by atoms with Crippen molar-refractivity contribution in [3.63, 3.8) is 0 Å². The Morgan fingerprint density at radius 2 is 1.65 bits per heavy atom. The maximum absolute atomic E-state index is 12.3. The molecule has 3 heteroatoms. The van der Waals surface area contributed by atoms with E-state index in [1.807, 2.05) is 34.6 Å². The van der Waals surface area contributed by atoms with Crippen molar-refractivity contribution in [1.29, 1.82) is 0 Å². The number of hydrogen-bond acceptors (Lipinski definition) is 2. The van der Waals surface area contributed by atoms with Gasteiger partial charge in [0.15, 0.2) is 5.78 Å². The molecule has 0 bridgehead atoms. The minimum absolute atomic E-state index is 0.0470. The number of hydrogen-bond donors (Lipinski definition) is 1. The van der Waals surface area contributed by atoms with Crippen molar-refractivity contribution in [1.82, 2.24) is 5.32 Å². The Bertz CT molecular complexity index is 335. The van der Waals surface area contributed by atoms with Crippen LogP contribution in [0.3, 0.4) is 0 Å². The van der Waals surface area contributed by atoms with E-state index in [4.69, 9.17) is 0 Å². The van der Waals surface area contributed by atoms with Crippen molar-refractivity contribution in [3.05, 3.63) is 0 Å². The SMILES string of the molecule is CC(C)C(=O)C(NC(=O)CC1CCCCC1)C(C)(C)C. The number of rotatable bonds is 5. The average molecular weight is 281 g/mol. The average Bonchev–Trinajstić information content (AvgIpc) is 2.35. The monoisotopic (exact) mass is 281 g/mol. The fourth-order valence-corrected chi connectivity index (χ4v) is 2.92. The van der Waals surface area contributed by atoms with Crippen LogP contribution in [0.1, 0.15) is 73.1 Å². The van der Waals surface area contributed by atoms with Crippen molar-refractivity contribution in [2.24, 2.45) is 17.3 Å². The predicted octanol–water partition coefficient (Wildman–Crippen LogP) is 3.71. The molecule has 0 aromatic rings. The van der Waals surface area contributed by atoms with Gasteiger partial charge in [0.05, 0.1) is 6.04 Å². The fourth-order valence-electron chi connectivity index (χ4n) is 2.92. The summed E-state index contributed by atoms with van der Waals surface area (Å²) in [5, 5.41) is 3.00. The summed E-state index contributed by atoms with van der Waals surface area (Å²) < 4.78 is 0. The number of carbonyl (C=O) groups is 2. The van der Waals surface area contributed by atoms with E-state index in [2.05, 4.69) is 5.32 Å². The lowest BCUT2D eigenvalue weighted by atomic mass is 9.80. The van der Waals surface area contributed by atoms with Crippen LogP contribution in [0.25, 0.3) is 0 Å². The smallest absolute Gasteiger partial charge is 0.220 e. The van der Waals surface area contributed by atoms with Crippen LogP contribution in [0.2, 0.25) is 0 Å². The first-order valence-corrected chi connectivity index (χ1v) is 8.05. The van der Waals surface area contributed by atoms with Gasteiger partial charge in [-0.25, -0.2) is 0 Å². The summed E-state index contributed by atoms with van der Waals surface area (Å²) in [6.07, 6.45) is 6.68. The Morgan fingerprint density at radius 3 is 2.10 bits per heavy atom. The van der Waals surface area contributed by atoms with Crippen molar-refractivity contribution >= 4 is 11.7 Å². The van der Waals surface area contributed by atoms with Gasteiger partial charge in [0.1, 0.15) is 0 Å². The van der Waals surface area contributed by atoms with Gasteiger partial charge in [-0.1, -0.05) is 53.9 Å². The fraction of sp³-hybridized carbons (Fsp3) is 0.882. The van der Waals surface area contributed by atoms with Gasteiger partial charge in [-0.3, -0.25) is 9.59 Å². The third-order valence-electron chi connectivity index (χ3n) is 4.22. The van der Waals surface area contributed by atoms with Crippen molar-refractivity contribution in [2.75, 3.05) is 0 Å². The normalized spacial score (nSPS) is 18.9. The van der Waals surface area contributed by atoms with Crippen LogP contribution in [0.4, 0.5) is 0 Å². The summed E-state index contributed by atoms with van der Waals surface area (Å²) in [7, 11) is 0. The summed E-state index contributed by atoms with van der Waals surface area (Å²) in [5.74, 6) is 0.646. The van der Waals surface area contributed by atoms with E-state index in [1.54, 1.807) is 0 Å². The second kappa shape index (κ2) is 7.24. The summed E-state index contributed by atoms with van der Waals surface area (Å²) in [6.45, 7) is 9.83. The molecule has 3 nitrogen and oxygen atoms in total. The lowest BCUT2D eigenvalue weighted by Crippen LogP contribution is -2.50. The van der Waals surface area contributed by atoms with Gasteiger partial charge in [0.25, 0.3) is 0 Å². The Kier molecular flexibility index (Phi) is 6.22. The largest absolute Gasteiger partial charge is 0.346 e. The van der Waals surface area contributed by atoms with Gasteiger partial charge >= 0.3 is 0 Å². The van der Waals surface area contributed by atoms with Crippen molar-refractivity contribution in [2.45, 2.75) is 79.2 Å². The molecule has 0 radical (unpaired) electrons. The molecule has 0 aromatic heterocycles. The molecule has 0 spiro atoms. The quantitative estimate of drug-likeness (QED) is 0.835. The molecule has 116 valence electrons. The predicted molar refractivity (Wildman–Crippen MR) is 82.4 cm³/mol. The summed E-state index contributed by atoms with van der Waals surface area (Å²) >= 11 is 0. The lowest BCUT2D eigenvalue weighted by Gasteiger charge is -2.32. The highest BCUT2D eigenvalue weighted by Crippen LogP contribution is 2.27. The van der Waals surface area contributed by atoms with Crippen LogP contribution < -0.4 is 5.32 Å². The van der Waals surface area contributed by atoms with Crippen LogP contribution in [-0.4, -0.2) is 17.7 Å². The zero-order valence-electron chi connectivity index (χ0n) is 13.8. The molecule has 1 N–H and O–H groups in total. The summed E-state index contributed by atoms with van der Waals surface area (Å²) in [5.41, 5.74) is -0.233. The first kappa shape index (κ1) is 17.2. The Labute approximate surface area is 123 Å². The van der Waals surface area contributed by atoms with Crippen LogP contribution in [0.5, 0.6) is 0 Å². The molecular formula is C17H31NO2. The second-order valence-electron chi connectivity index (χ2n) is 7.63. The second-order valence-corrected chi connectivity index (χ2v) is 7.63. The Morgan fingerprint density at radius 1 is 1.10 bits per heavy atom. The summed E-state index contributed by atoms with van der Waals surface area (Å²) in [6, 6.07) is -0.376. The van der Waals surface area contributed by atoms with E-state index in [-0.39, 0.29) is 29.1 Å². The van der Waals surface area contributed by atoms with Crippen molar-refractivity contribution in [3.8, 4) is 0 Å². The highest BCUT2D eigenvalue weighted by Gasteiger charge is 2.34. The standard InChI is InChI=1S/C17H31NO2/c1-12(2)15(20)16(17(3,4)5)18-14(19)11-13-9-7-6-8-10-13/h12-13,16H,6-11H2,1-5H3,(H,18,19). The van der Waals surface area contributed by atoms with E-state index in [0.717, 1.165) is 12.8 Å². The van der Waals surface area contributed by atoms with Crippen molar-refractivity contribution < 1.29 is 9.59 Å². The molecule has 0 aromatic carbocycles. The molecule has 1 fully saturated rings. The Balaban J connectivity index is 2.60. The molecule has 1 saturated carbocycles.